The van der Waals surface area contributed by atoms with Crippen LogP contribution >= 0.6 is 11.8 Å². The van der Waals surface area contributed by atoms with Crippen molar-refractivity contribution in [2.75, 3.05) is 12.0 Å². The van der Waals surface area contributed by atoms with Crippen LogP contribution in [0.3, 0.4) is 0 Å². The number of nitrogens with two attached hydrogens (primary N) is 1. The molecule has 0 aromatic carbocycles. The molecule has 10 heteroatoms. The first-order valence-electron chi connectivity index (χ1n) is 9.84. The summed E-state index contributed by atoms with van der Waals surface area (Å²) in [5, 5.41) is 17.1. The average molecular weight is 433 g/mol. The van der Waals surface area contributed by atoms with Crippen LogP contribution in [-0.4, -0.2) is 65.0 Å². The van der Waals surface area contributed by atoms with Crippen molar-refractivity contribution < 1.29 is 24.3 Å². The molecule has 0 spiro atoms. The molecule has 0 aliphatic carbocycles. The maximum atomic E-state index is 12.7. The highest BCUT2D eigenvalue weighted by molar-refractivity contribution is 7.98. The SMILES string of the molecule is CCC(C)C(NC(=O)C(CCSC)NC(=O)C(C)NC(=O)C(N)C(C)C)C(=O)O. The number of nitrogens with one attached hydrogen (secondary N) is 3. The summed E-state index contributed by atoms with van der Waals surface area (Å²) in [6, 6.07) is -3.57. The molecule has 9 nitrogen and oxygen atoms in total. The number of carbonyl (C=O) groups excluding carboxylic acids is 3. The molecule has 6 N–H and O–H groups in total. The van der Waals surface area contributed by atoms with Gasteiger partial charge in [-0.15, -0.1) is 0 Å². The van der Waals surface area contributed by atoms with Gasteiger partial charge in [0.25, 0.3) is 0 Å². The van der Waals surface area contributed by atoms with E-state index in [4.69, 9.17) is 5.73 Å². The maximum Gasteiger partial charge on any atom is 0.326 e. The van der Waals surface area contributed by atoms with Crippen LogP contribution in [0.1, 0.15) is 47.5 Å². The molecular formula is C19H36N4O5S. The molecule has 5 atom stereocenters. The molecule has 5 unspecified atom stereocenters. The number of rotatable bonds is 13. The molecule has 0 fully saturated rings. The fraction of sp³-hybridized carbons (Fsp3) is 0.789. The van der Waals surface area contributed by atoms with Crippen LogP contribution in [0.5, 0.6) is 0 Å². The van der Waals surface area contributed by atoms with Crippen molar-refractivity contribution in [1.82, 2.24) is 16.0 Å². The first-order valence-corrected chi connectivity index (χ1v) is 11.2. The van der Waals surface area contributed by atoms with E-state index in [0.29, 0.717) is 18.6 Å². The number of thioether (sulfide) groups is 1. The average Bonchev–Trinajstić information content (AvgIpc) is 2.66. The van der Waals surface area contributed by atoms with Gasteiger partial charge in [0, 0.05) is 0 Å². The van der Waals surface area contributed by atoms with Gasteiger partial charge in [-0.3, -0.25) is 14.4 Å². The van der Waals surface area contributed by atoms with Crippen LogP contribution in [0.15, 0.2) is 0 Å². The van der Waals surface area contributed by atoms with Gasteiger partial charge in [0.15, 0.2) is 0 Å². The number of hydrogen-bond donors (Lipinski definition) is 5. The van der Waals surface area contributed by atoms with Gasteiger partial charge in [0.05, 0.1) is 6.04 Å². The third-order valence-corrected chi connectivity index (χ3v) is 5.44. The standard InChI is InChI=1S/C19H36N4O5S/c1-7-11(4)15(19(27)28)23-17(25)13(8-9-29-6)22-16(24)12(5)21-18(26)14(20)10(2)3/h10-15H,7-9,20H2,1-6H3,(H,21,26)(H,22,24)(H,23,25)(H,27,28). The van der Waals surface area contributed by atoms with Crippen molar-refractivity contribution >= 4 is 35.5 Å². The normalized spacial score (nSPS) is 16.3. The molecule has 3 amide bonds. The Morgan fingerprint density at radius 3 is 2.00 bits per heavy atom. The number of carbonyl (C=O) groups is 4. The lowest BCUT2D eigenvalue weighted by molar-refractivity contribution is -0.143. The molecule has 0 saturated heterocycles. The zero-order valence-electron chi connectivity index (χ0n) is 18.2. The van der Waals surface area contributed by atoms with E-state index in [9.17, 15) is 24.3 Å². The van der Waals surface area contributed by atoms with Crippen molar-refractivity contribution in [3.8, 4) is 0 Å². The lowest BCUT2D eigenvalue weighted by Gasteiger charge is -2.25. The van der Waals surface area contributed by atoms with Crippen molar-refractivity contribution in [1.29, 1.82) is 0 Å². The van der Waals surface area contributed by atoms with E-state index in [2.05, 4.69) is 16.0 Å². The second kappa shape index (κ2) is 13.4. The van der Waals surface area contributed by atoms with Gasteiger partial charge < -0.3 is 26.8 Å². The zero-order valence-corrected chi connectivity index (χ0v) is 19.0. The fourth-order valence-corrected chi connectivity index (χ4v) is 2.89. The molecule has 0 rings (SSSR count). The van der Waals surface area contributed by atoms with Crippen LogP contribution in [0.25, 0.3) is 0 Å². The molecular weight excluding hydrogens is 396 g/mol. The summed E-state index contributed by atoms with van der Waals surface area (Å²) in [5.41, 5.74) is 5.78. The number of carboxylic acid groups (broad SMARTS) is 1. The Labute approximate surface area is 177 Å². The van der Waals surface area contributed by atoms with Crippen LogP contribution in [0.2, 0.25) is 0 Å². The molecule has 0 aromatic rings. The Hall–Kier alpha value is -1.81. The van der Waals surface area contributed by atoms with Gasteiger partial charge in [-0.2, -0.15) is 11.8 Å². The van der Waals surface area contributed by atoms with Crippen molar-refractivity contribution in [3.63, 3.8) is 0 Å². The lowest BCUT2D eigenvalue weighted by atomic mass is 9.98. The van der Waals surface area contributed by atoms with E-state index in [0.717, 1.165) is 0 Å². The quantitative estimate of drug-likeness (QED) is 0.281. The lowest BCUT2D eigenvalue weighted by Crippen LogP contribution is -2.57. The van der Waals surface area contributed by atoms with E-state index >= 15 is 0 Å². The maximum absolute atomic E-state index is 12.7. The minimum absolute atomic E-state index is 0.0844. The van der Waals surface area contributed by atoms with Crippen molar-refractivity contribution in [2.45, 2.75) is 71.6 Å². The van der Waals surface area contributed by atoms with Crippen LogP contribution in [-0.2, 0) is 19.2 Å². The Bertz CT molecular complexity index is 573. The van der Waals surface area contributed by atoms with E-state index in [-0.39, 0.29) is 11.8 Å². The first kappa shape index (κ1) is 27.2. The topological polar surface area (TPSA) is 151 Å². The molecule has 0 saturated carbocycles. The summed E-state index contributed by atoms with van der Waals surface area (Å²) in [7, 11) is 0. The number of carboxylic acids is 1. The monoisotopic (exact) mass is 432 g/mol. The Morgan fingerprint density at radius 2 is 1.55 bits per heavy atom. The van der Waals surface area contributed by atoms with Crippen molar-refractivity contribution in [2.24, 2.45) is 17.6 Å². The molecule has 168 valence electrons. The molecule has 0 aliphatic rings. The predicted octanol–water partition coefficient (Wildman–Crippen LogP) is 0.328. The van der Waals surface area contributed by atoms with E-state index in [1.54, 1.807) is 20.8 Å². The third kappa shape index (κ3) is 9.49. The molecule has 29 heavy (non-hydrogen) atoms. The van der Waals surface area contributed by atoms with Gasteiger partial charge in [0.1, 0.15) is 18.1 Å². The number of amides is 3. The predicted molar refractivity (Wildman–Crippen MR) is 114 cm³/mol. The highest BCUT2D eigenvalue weighted by Crippen LogP contribution is 2.09. The number of aliphatic carboxylic acids is 1. The van der Waals surface area contributed by atoms with Crippen molar-refractivity contribution in [3.05, 3.63) is 0 Å². The molecule has 0 bridgehead atoms. The molecule has 0 aromatic heterocycles. The van der Waals surface area contributed by atoms with E-state index in [1.165, 1.54) is 18.7 Å². The Kier molecular flexibility index (Phi) is 12.6. The summed E-state index contributed by atoms with van der Waals surface area (Å²) in [6.45, 7) is 8.68. The van der Waals surface area contributed by atoms with Gasteiger partial charge in [-0.25, -0.2) is 4.79 Å². The highest BCUT2D eigenvalue weighted by atomic mass is 32.2. The second-order valence-corrected chi connectivity index (χ2v) is 8.54. The van der Waals surface area contributed by atoms with E-state index < -0.39 is 47.9 Å². The Morgan fingerprint density at radius 1 is 0.966 bits per heavy atom. The zero-order chi connectivity index (χ0) is 22.7. The van der Waals surface area contributed by atoms with Crippen LogP contribution < -0.4 is 21.7 Å². The molecule has 0 heterocycles. The first-order chi connectivity index (χ1) is 13.5. The minimum Gasteiger partial charge on any atom is -0.480 e. The third-order valence-electron chi connectivity index (χ3n) is 4.79. The van der Waals surface area contributed by atoms with Crippen LogP contribution in [0.4, 0.5) is 0 Å². The van der Waals surface area contributed by atoms with Gasteiger partial charge >= 0.3 is 5.97 Å². The van der Waals surface area contributed by atoms with E-state index in [1.807, 2.05) is 13.2 Å². The smallest absolute Gasteiger partial charge is 0.326 e. The Balaban J connectivity index is 5.12. The molecule has 0 aliphatic heterocycles. The minimum atomic E-state index is -1.12. The van der Waals surface area contributed by atoms with Gasteiger partial charge in [-0.05, 0) is 37.2 Å². The summed E-state index contributed by atoms with van der Waals surface area (Å²) in [6.07, 6.45) is 2.78. The summed E-state index contributed by atoms with van der Waals surface area (Å²) < 4.78 is 0. The summed E-state index contributed by atoms with van der Waals surface area (Å²) in [5.74, 6) is -2.41. The largest absolute Gasteiger partial charge is 0.480 e. The fourth-order valence-electron chi connectivity index (χ4n) is 2.42. The highest BCUT2D eigenvalue weighted by Gasteiger charge is 2.30. The molecule has 0 radical (unpaired) electrons. The van der Waals surface area contributed by atoms with Gasteiger partial charge in [0.2, 0.25) is 17.7 Å². The summed E-state index contributed by atoms with van der Waals surface area (Å²) >= 11 is 1.50. The number of hydrogen-bond acceptors (Lipinski definition) is 6. The van der Waals surface area contributed by atoms with Crippen LogP contribution in [0, 0.1) is 11.8 Å². The second-order valence-electron chi connectivity index (χ2n) is 7.55. The summed E-state index contributed by atoms with van der Waals surface area (Å²) in [4.78, 5) is 48.7. The van der Waals surface area contributed by atoms with Gasteiger partial charge in [-0.1, -0.05) is 34.1 Å².